The Morgan fingerprint density at radius 1 is 1.05 bits per heavy atom. The van der Waals surface area contributed by atoms with Crippen molar-refractivity contribution in [2.24, 2.45) is 0 Å². The molecule has 0 aliphatic carbocycles. The Bertz CT molecular complexity index is 797. The number of aryl methyl sites for hydroxylation is 1. The number of hydrogen-bond donors (Lipinski definition) is 0. The van der Waals surface area contributed by atoms with E-state index in [2.05, 4.69) is 56.4 Å². The van der Waals surface area contributed by atoms with Gasteiger partial charge in [0, 0.05) is 21.6 Å². The molecule has 0 saturated heterocycles. The lowest BCUT2D eigenvalue weighted by molar-refractivity contribution is 0.912. The van der Waals surface area contributed by atoms with Gasteiger partial charge in [-0.3, -0.25) is 4.57 Å². The van der Waals surface area contributed by atoms with E-state index in [9.17, 15) is 0 Å². The highest BCUT2D eigenvalue weighted by Gasteiger charge is 2.14. The molecule has 1 aromatic heterocycles. The molecule has 0 saturated carbocycles. The highest BCUT2D eigenvalue weighted by atomic mass is 127. The standard InChI is InChI=1S/C15H10Cl3IN2/c16-6-5-15-20-13-7-11(17)12(18)8-14(13)21(15)10-3-1-9(19)2-4-10/h1-4,7-8H,5-6H2. The number of nitrogens with zero attached hydrogens (tertiary/aromatic N) is 2. The molecular formula is C15H10Cl3IN2. The first kappa shape index (κ1) is 15.4. The first-order chi connectivity index (χ1) is 10.1. The van der Waals surface area contributed by atoms with Crippen LogP contribution in [0.1, 0.15) is 5.82 Å². The molecule has 0 spiro atoms. The van der Waals surface area contributed by atoms with Gasteiger partial charge in [0.05, 0.1) is 21.1 Å². The zero-order chi connectivity index (χ0) is 15.0. The number of halogens is 4. The number of benzene rings is 2. The minimum absolute atomic E-state index is 0.508. The molecule has 2 nitrogen and oxygen atoms in total. The summed E-state index contributed by atoms with van der Waals surface area (Å²) < 4.78 is 3.26. The minimum Gasteiger partial charge on any atom is -0.296 e. The molecule has 0 atom stereocenters. The average Bonchev–Trinajstić information content (AvgIpc) is 2.78. The fourth-order valence-electron chi connectivity index (χ4n) is 2.25. The molecule has 0 N–H and O–H groups in total. The van der Waals surface area contributed by atoms with Gasteiger partial charge in [-0.15, -0.1) is 11.6 Å². The van der Waals surface area contributed by atoms with Crippen LogP contribution in [0.3, 0.4) is 0 Å². The van der Waals surface area contributed by atoms with Crippen LogP contribution in [-0.4, -0.2) is 15.4 Å². The van der Waals surface area contributed by atoms with Gasteiger partial charge in [-0.25, -0.2) is 4.98 Å². The molecule has 0 bridgehead atoms. The van der Waals surface area contributed by atoms with Gasteiger partial charge in [0.2, 0.25) is 0 Å². The summed E-state index contributed by atoms with van der Waals surface area (Å²) in [5, 5.41) is 1.03. The van der Waals surface area contributed by atoms with Crippen LogP contribution in [0.25, 0.3) is 16.7 Å². The van der Waals surface area contributed by atoms with Crippen molar-refractivity contribution in [3.8, 4) is 5.69 Å². The third-order valence-electron chi connectivity index (χ3n) is 3.17. The van der Waals surface area contributed by atoms with Crippen molar-refractivity contribution in [2.75, 3.05) is 5.88 Å². The van der Waals surface area contributed by atoms with Gasteiger partial charge in [-0.2, -0.15) is 0 Å². The van der Waals surface area contributed by atoms with Gasteiger partial charge in [0.15, 0.2) is 0 Å². The second-order valence-corrected chi connectivity index (χ2v) is 6.97. The van der Waals surface area contributed by atoms with Gasteiger partial charge in [-0.1, -0.05) is 23.2 Å². The third kappa shape index (κ3) is 3.02. The molecule has 2 aromatic carbocycles. The molecule has 6 heteroatoms. The summed E-state index contributed by atoms with van der Waals surface area (Å²) in [6.07, 6.45) is 0.678. The maximum atomic E-state index is 6.16. The smallest absolute Gasteiger partial charge is 0.115 e. The number of imidazole rings is 1. The predicted octanol–water partition coefficient (Wildman–Crippen LogP) is 5.72. The normalized spacial score (nSPS) is 11.2. The van der Waals surface area contributed by atoms with E-state index in [1.165, 1.54) is 3.57 Å². The van der Waals surface area contributed by atoms with E-state index < -0.39 is 0 Å². The highest BCUT2D eigenvalue weighted by molar-refractivity contribution is 14.1. The number of aromatic nitrogens is 2. The maximum absolute atomic E-state index is 6.16. The molecule has 0 aliphatic rings. The quantitative estimate of drug-likeness (QED) is 0.368. The summed E-state index contributed by atoms with van der Waals surface area (Å²) in [6.45, 7) is 0. The third-order valence-corrected chi connectivity index (χ3v) is 4.80. The maximum Gasteiger partial charge on any atom is 0.115 e. The Balaban J connectivity index is 2.29. The molecule has 108 valence electrons. The molecule has 21 heavy (non-hydrogen) atoms. The molecule has 1 heterocycles. The zero-order valence-corrected chi connectivity index (χ0v) is 15.2. The van der Waals surface area contributed by atoms with Gasteiger partial charge >= 0.3 is 0 Å². The van der Waals surface area contributed by atoms with E-state index in [4.69, 9.17) is 34.8 Å². The van der Waals surface area contributed by atoms with Gasteiger partial charge in [0.1, 0.15) is 5.82 Å². The van der Waals surface area contributed by atoms with Gasteiger partial charge in [0.25, 0.3) is 0 Å². The highest BCUT2D eigenvalue weighted by Crippen LogP contribution is 2.30. The summed E-state index contributed by atoms with van der Waals surface area (Å²) in [5.74, 6) is 1.41. The van der Waals surface area contributed by atoms with Gasteiger partial charge < -0.3 is 0 Å². The van der Waals surface area contributed by atoms with Crippen LogP contribution < -0.4 is 0 Å². The van der Waals surface area contributed by atoms with Crippen molar-refractivity contribution in [1.82, 2.24) is 9.55 Å². The van der Waals surface area contributed by atoms with Crippen molar-refractivity contribution in [3.63, 3.8) is 0 Å². The lowest BCUT2D eigenvalue weighted by Gasteiger charge is -2.09. The summed E-state index contributed by atoms with van der Waals surface area (Å²) in [5.41, 5.74) is 2.80. The van der Waals surface area contributed by atoms with E-state index in [0.717, 1.165) is 22.5 Å². The van der Waals surface area contributed by atoms with Crippen molar-refractivity contribution < 1.29 is 0 Å². The zero-order valence-electron chi connectivity index (χ0n) is 10.8. The summed E-state index contributed by atoms with van der Waals surface area (Å²) >= 11 is 20.4. The van der Waals surface area contributed by atoms with Crippen LogP contribution in [0.2, 0.25) is 10.0 Å². The molecule has 3 aromatic rings. The fraction of sp³-hybridized carbons (Fsp3) is 0.133. The Morgan fingerprint density at radius 2 is 1.71 bits per heavy atom. The SMILES string of the molecule is ClCCc1nc2cc(Cl)c(Cl)cc2n1-c1ccc(I)cc1. The second-order valence-electron chi connectivity index (χ2n) is 4.53. The predicted molar refractivity (Wildman–Crippen MR) is 98.2 cm³/mol. The Hall–Kier alpha value is -0.490. The number of rotatable bonds is 3. The topological polar surface area (TPSA) is 17.8 Å². The molecule has 0 amide bonds. The number of hydrogen-bond acceptors (Lipinski definition) is 1. The molecule has 0 radical (unpaired) electrons. The Labute approximate surface area is 151 Å². The molecule has 3 rings (SSSR count). The van der Waals surface area contributed by atoms with E-state index >= 15 is 0 Å². The molecule has 0 unspecified atom stereocenters. The first-order valence-electron chi connectivity index (χ1n) is 6.28. The molecular weight excluding hydrogens is 441 g/mol. The van der Waals surface area contributed by atoms with Crippen molar-refractivity contribution in [3.05, 3.63) is 55.8 Å². The van der Waals surface area contributed by atoms with Crippen LogP contribution in [0.4, 0.5) is 0 Å². The summed E-state index contributed by atoms with van der Waals surface area (Å²) in [4.78, 5) is 4.64. The molecule has 0 fully saturated rings. The first-order valence-corrected chi connectivity index (χ1v) is 8.65. The van der Waals surface area contributed by atoms with Gasteiger partial charge in [-0.05, 0) is 59.0 Å². The van der Waals surface area contributed by atoms with E-state index in [-0.39, 0.29) is 0 Å². The number of fused-ring (bicyclic) bond motifs is 1. The van der Waals surface area contributed by atoms with E-state index in [1.54, 1.807) is 6.07 Å². The Kier molecular flexibility index (Phi) is 4.64. The van der Waals surface area contributed by atoms with Crippen LogP contribution in [0, 0.1) is 3.57 Å². The second kappa shape index (κ2) is 6.32. The van der Waals surface area contributed by atoms with Crippen LogP contribution in [0.5, 0.6) is 0 Å². The summed E-state index contributed by atoms with van der Waals surface area (Å²) in [6, 6.07) is 11.9. The fourth-order valence-corrected chi connectivity index (χ4v) is 3.10. The van der Waals surface area contributed by atoms with E-state index in [0.29, 0.717) is 22.3 Å². The lowest BCUT2D eigenvalue weighted by Crippen LogP contribution is -2.02. The van der Waals surface area contributed by atoms with Crippen molar-refractivity contribution in [1.29, 1.82) is 0 Å². The van der Waals surface area contributed by atoms with Crippen LogP contribution in [-0.2, 0) is 6.42 Å². The number of alkyl halides is 1. The summed E-state index contributed by atoms with van der Waals surface area (Å²) in [7, 11) is 0. The van der Waals surface area contributed by atoms with Crippen molar-refractivity contribution in [2.45, 2.75) is 6.42 Å². The average molecular weight is 452 g/mol. The minimum atomic E-state index is 0.508. The van der Waals surface area contributed by atoms with E-state index in [1.807, 2.05) is 6.07 Å². The monoisotopic (exact) mass is 450 g/mol. The lowest BCUT2D eigenvalue weighted by atomic mass is 10.2. The van der Waals surface area contributed by atoms with Crippen LogP contribution in [0.15, 0.2) is 36.4 Å². The largest absolute Gasteiger partial charge is 0.296 e. The molecule has 0 aliphatic heterocycles. The van der Waals surface area contributed by atoms with Crippen molar-refractivity contribution >= 4 is 68.4 Å². The Morgan fingerprint density at radius 3 is 2.38 bits per heavy atom. The van der Waals surface area contributed by atoms with Crippen LogP contribution >= 0.6 is 57.4 Å².